The number of hydrogen-bond donors (Lipinski definition) is 1. The average Bonchev–Trinajstić information content (AvgIpc) is 2.46. The summed E-state index contributed by atoms with van der Waals surface area (Å²) in [4.78, 5) is 1.18. The van der Waals surface area contributed by atoms with E-state index in [9.17, 15) is 0 Å². The normalized spacial score (nSPS) is 15.7. The molecular weight excluding hydrogens is 250 g/mol. The van der Waals surface area contributed by atoms with Crippen LogP contribution in [0.15, 0.2) is 15.9 Å². The molecule has 2 unspecified atom stereocenters. The zero-order valence-corrected chi connectivity index (χ0v) is 10.2. The zero-order chi connectivity index (χ0) is 9.84. The highest BCUT2D eigenvalue weighted by Crippen LogP contribution is 2.30. The summed E-state index contributed by atoms with van der Waals surface area (Å²) in [5, 5.41) is 0. The van der Waals surface area contributed by atoms with Gasteiger partial charge in [-0.3, -0.25) is 0 Å². The molecule has 1 aromatic rings. The molecule has 0 aliphatic carbocycles. The van der Waals surface area contributed by atoms with Gasteiger partial charge in [0.25, 0.3) is 0 Å². The first-order valence-corrected chi connectivity index (χ1v) is 5.88. The van der Waals surface area contributed by atoms with Crippen molar-refractivity contribution in [3.05, 3.63) is 20.8 Å². The Balaban J connectivity index is 2.75. The Morgan fingerprint density at radius 3 is 2.69 bits per heavy atom. The third-order valence-corrected chi connectivity index (χ3v) is 3.38. The molecule has 0 bridgehead atoms. The summed E-state index contributed by atoms with van der Waals surface area (Å²) in [6.07, 6.45) is 0.0290. The van der Waals surface area contributed by atoms with Gasteiger partial charge in [-0.1, -0.05) is 0 Å². The summed E-state index contributed by atoms with van der Waals surface area (Å²) >= 11 is 5.10. The number of ether oxygens (including phenoxy) is 1. The molecule has 0 saturated heterocycles. The molecule has 1 rings (SSSR count). The second-order valence-corrected chi connectivity index (χ2v) is 5.37. The summed E-state index contributed by atoms with van der Waals surface area (Å²) in [7, 11) is 0. The molecule has 0 aromatic carbocycles. The van der Waals surface area contributed by atoms with Gasteiger partial charge in [0.2, 0.25) is 0 Å². The zero-order valence-electron chi connectivity index (χ0n) is 7.79. The molecule has 0 spiro atoms. The van der Waals surface area contributed by atoms with E-state index >= 15 is 0 Å². The monoisotopic (exact) mass is 263 g/mol. The highest BCUT2D eigenvalue weighted by Gasteiger charge is 2.17. The van der Waals surface area contributed by atoms with E-state index in [1.54, 1.807) is 11.3 Å². The second-order valence-electron chi connectivity index (χ2n) is 2.88. The third kappa shape index (κ3) is 3.06. The predicted octanol–water partition coefficient (Wildman–Crippen LogP) is 2.94. The van der Waals surface area contributed by atoms with Gasteiger partial charge in [0.1, 0.15) is 6.10 Å². The fourth-order valence-electron chi connectivity index (χ4n) is 1.15. The molecule has 0 aliphatic heterocycles. The van der Waals surface area contributed by atoms with Crippen molar-refractivity contribution in [1.29, 1.82) is 0 Å². The van der Waals surface area contributed by atoms with E-state index in [4.69, 9.17) is 10.5 Å². The van der Waals surface area contributed by atoms with E-state index < -0.39 is 0 Å². The summed E-state index contributed by atoms with van der Waals surface area (Å²) in [6, 6.07) is 4.11. The van der Waals surface area contributed by atoms with Gasteiger partial charge in [0, 0.05) is 17.5 Å². The van der Waals surface area contributed by atoms with Crippen LogP contribution >= 0.6 is 27.3 Å². The lowest BCUT2D eigenvalue weighted by Crippen LogP contribution is -2.26. The average molecular weight is 264 g/mol. The lowest BCUT2D eigenvalue weighted by Gasteiger charge is -2.18. The van der Waals surface area contributed by atoms with Crippen LogP contribution in [0, 0.1) is 0 Å². The summed E-state index contributed by atoms with van der Waals surface area (Å²) < 4.78 is 6.69. The molecule has 13 heavy (non-hydrogen) atoms. The lowest BCUT2D eigenvalue weighted by atomic mass is 10.1. The fraction of sp³-hybridized carbons (Fsp3) is 0.556. The third-order valence-electron chi connectivity index (χ3n) is 1.70. The molecule has 2 atom stereocenters. The topological polar surface area (TPSA) is 35.2 Å². The van der Waals surface area contributed by atoms with Crippen LogP contribution < -0.4 is 5.73 Å². The Labute approximate surface area is 91.2 Å². The van der Waals surface area contributed by atoms with Crippen molar-refractivity contribution >= 4 is 27.3 Å². The van der Waals surface area contributed by atoms with Gasteiger partial charge in [0.05, 0.1) is 3.79 Å². The predicted molar refractivity (Wildman–Crippen MR) is 60.0 cm³/mol. The minimum atomic E-state index is 0.0290. The molecule has 1 heterocycles. The molecule has 0 saturated carbocycles. The molecule has 4 heteroatoms. The lowest BCUT2D eigenvalue weighted by molar-refractivity contribution is 0.0500. The Kier molecular flexibility index (Phi) is 4.38. The van der Waals surface area contributed by atoms with Crippen LogP contribution in [0.3, 0.4) is 0 Å². The van der Waals surface area contributed by atoms with Crippen LogP contribution in [0.25, 0.3) is 0 Å². The van der Waals surface area contributed by atoms with Crippen molar-refractivity contribution in [2.45, 2.75) is 26.0 Å². The van der Waals surface area contributed by atoms with Gasteiger partial charge >= 0.3 is 0 Å². The smallest absolute Gasteiger partial charge is 0.106 e. The van der Waals surface area contributed by atoms with Gasteiger partial charge in [-0.15, -0.1) is 11.3 Å². The Hall–Kier alpha value is 0.1000. The highest BCUT2D eigenvalue weighted by molar-refractivity contribution is 9.11. The Morgan fingerprint density at radius 2 is 2.31 bits per heavy atom. The number of nitrogens with two attached hydrogens (primary N) is 1. The van der Waals surface area contributed by atoms with Crippen LogP contribution in [0.4, 0.5) is 0 Å². The molecule has 0 fully saturated rings. The molecule has 1 aromatic heterocycles. The maximum Gasteiger partial charge on any atom is 0.106 e. The minimum Gasteiger partial charge on any atom is -0.371 e. The quantitative estimate of drug-likeness (QED) is 0.907. The van der Waals surface area contributed by atoms with Crippen LogP contribution in [-0.4, -0.2) is 12.6 Å². The van der Waals surface area contributed by atoms with Crippen LogP contribution in [0.2, 0.25) is 0 Å². The standard InChI is InChI=1S/C9H14BrNOS/c1-3-12-9(6(2)11)7-4-5-8(10)13-7/h4-6,9H,3,11H2,1-2H3. The Morgan fingerprint density at radius 1 is 1.62 bits per heavy atom. The van der Waals surface area contributed by atoms with Gasteiger partial charge in [0.15, 0.2) is 0 Å². The molecule has 2 nitrogen and oxygen atoms in total. The van der Waals surface area contributed by atoms with Crippen molar-refractivity contribution in [3.8, 4) is 0 Å². The van der Waals surface area contributed by atoms with Crippen molar-refractivity contribution in [2.24, 2.45) is 5.73 Å². The van der Waals surface area contributed by atoms with E-state index in [0.29, 0.717) is 6.61 Å². The summed E-state index contributed by atoms with van der Waals surface area (Å²) in [5.74, 6) is 0. The van der Waals surface area contributed by atoms with E-state index in [1.165, 1.54) is 4.88 Å². The maximum absolute atomic E-state index is 5.83. The number of rotatable bonds is 4. The van der Waals surface area contributed by atoms with Crippen LogP contribution in [0.1, 0.15) is 24.8 Å². The first-order chi connectivity index (χ1) is 6.15. The van der Waals surface area contributed by atoms with Crippen LogP contribution in [-0.2, 0) is 4.74 Å². The molecular formula is C9H14BrNOS. The van der Waals surface area contributed by atoms with Gasteiger partial charge < -0.3 is 10.5 Å². The van der Waals surface area contributed by atoms with E-state index in [2.05, 4.69) is 22.0 Å². The molecule has 0 radical (unpaired) electrons. The largest absolute Gasteiger partial charge is 0.371 e. The van der Waals surface area contributed by atoms with Crippen molar-refractivity contribution in [1.82, 2.24) is 0 Å². The highest BCUT2D eigenvalue weighted by atomic mass is 79.9. The van der Waals surface area contributed by atoms with Gasteiger partial charge in [-0.05, 0) is 41.9 Å². The van der Waals surface area contributed by atoms with Crippen molar-refractivity contribution in [2.75, 3.05) is 6.61 Å². The van der Waals surface area contributed by atoms with Crippen LogP contribution in [0.5, 0.6) is 0 Å². The molecule has 0 amide bonds. The summed E-state index contributed by atoms with van der Waals surface area (Å²) in [6.45, 7) is 4.65. The van der Waals surface area contributed by atoms with Gasteiger partial charge in [-0.2, -0.15) is 0 Å². The number of thiophene rings is 1. The maximum atomic E-state index is 5.83. The fourth-order valence-corrected chi connectivity index (χ4v) is 2.74. The van der Waals surface area contributed by atoms with Crippen molar-refractivity contribution < 1.29 is 4.74 Å². The summed E-state index contributed by atoms with van der Waals surface area (Å²) in [5.41, 5.74) is 5.83. The first-order valence-electron chi connectivity index (χ1n) is 4.27. The van der Waals surface area contributed by atoms with E-state index in [0.717, 1.165) is 3.79 Å². The minimum absolute atomic E-state index is 0.0290. The molecule has 74 valence electrons. The first kappa shape index (κ1) is 11.2. The van der Waals surface area contributed by atoms with E-state index in [-0.39, 0.29) is 12.1 Å². The van der Waals surface area contributed by atoms with Gasteiger partial charge in [-0.25, -0.2) is 0 Å². The molecule has 2 N–H and O–H groups in total. The molecule has 0 aliphatic rings. The van der Waals surface area contributed by atoms with Crippen molar-refractivity contribution in [3.63, 3.8) is 0 Å². The number of halogens is 1. The van der Waals surface area contributed by atoms with E-state index in [1.807, 2.05) is 19.9 Å². The number of hydrogen-bond acceptors (Lipinski definition) is 3. The Bertz CT molecular complexity index is 262. The SMILES string of the molecule is CCOC(c1ccc(Br)s1)C(C)N. The second kappa shape index (κ2) is 5.10.